The minimum Gasteiger partial charge on any atom is -0.493 e. The Balaban J connectivity index is 1.34. The zero-order chi connectivity index (χ0) is 16.5. The molecule has 1 saturated carbocycles. The van der Waals surface area contributed by atoms with Crippen molar-refractivity contribution in [3.05, 3.63) is 47.8 Å². The van der Waals surface area contributed by atoms with Crippen LogP contribution in [0, 0.1) is 5.92 Å². The summed E-state index contributed by atoms with van der Waals surface area (Å²) in [5.74, 6) is 1.94. The van der Waals surface area contributed by atoms with Gasteiger partial charge in [0.15, 0.2) is 0 Å². The molecule has 24 heavy (non-hydrogen) atoms. The van der Waals surface area contributed by atoms with Crippen LogP contribution in [0.15, 0.2) is 36.5 Å². The second-order valence-electron chi connectivity index (χ2n) is 6.90. The number of carbonyl (C=O) groups is 1. The molecule has 5 heteroatoms. The van der Waals surface area contributed by atoms with Crippen LogP contribution in [0.3, 0.4) is 0 Å². The van der Waals surface area contributed by atoms with Crippen molar-refractivity contribution in [1.29, 1.82) is 0 Å². The number of para-hydroxylation sites is 1. The second kappa shape index (κ2) is 6.30. The number of hydrogen-bond donors (Lipinski definition) is 0. The highest BCUT2D eigenvalue weighted by Crippen LogP contribution is 2.38. The van der Waals surface area contributed by atoms with Gasteiger partial charge in [-0.05, 0) is 30.9 Å². The molecule has 0 atom stereocenters. The van der Waals surface area contributed by atoms with E-state index in [2.05, 4.69) is 5.10 Å². The maximum Gasteiger partial charge on any atom is 0.272 e. The Hall–Kier alpha value is -2.30. The first-order valence-electron chi connectivity index (χ1n) is 8.71. The van der Waals surface area contributed by atoms with Crippen LogP contribution >= 0.6 is 0 Å². The maximum absolute atomic E-state index is 12.8. The van der Waals surface area contributed by atoms with Gasteiger partial charge >= 0.3 is 0 Å². The van der Waals surface area contributed by atoms with Crippen molar-refractivity contribution in [2.24, 2.45) is 13.0 Å². The number of hydrogen-bond acceptors (Lipinski definition) is 3. The molecule has 0 bridgehead atoms. The average Bonchev–Trinajstić information content (AvgIpc) is 2.86. The van der Waals surface area contributed by atoms with Crippen molar-refractivity contribution in [3.8, 4) is 5.75 Å². The molecule has 2 aliphatic rings. The summed E-state index contributed by atoms with van der Waals surface area (Å²) >= 11 is 0. The molecular weight excluding hydrogens is 302 g/mol. The van der Waals surface area contributed by atoms with Crippen molar-refractivity contribution in [2.45, 2.75) is 25.2 Å². The molecule has 1 aromatic heterocycles. The molecule has 0 radical (unpaired) electrons. The maximum atomic E-state index is 12.8. The summed E-state index contributed by atoms with van der Waals surface area (Å²) in [6.07, 6.45) is 5.50. The molecule has 0 spiro atoms. The van der Waals surface area contributed by atoms with Crippen LogP contribution in [0.25, 0.3) is 0 Å². The number of benzene rings is 1. The molecule has 0 unspecified atom stereocenters. The van der Waals surface area contributed by atoms with Gasteiger partial charge in [0.05, 0.1) is 12.8 Å². The van der Waals surface area contributed by atoms with E-state index in [1.807, 2.05) is 48.5 Å². The Morgan fingerprint density at radius 2 is 2.00 bits per heavy atom. The Morgan fingerprint density at radius 1 is 1.25 bits per heavy atom. The molecule has 1 aliphatic heterocycles. The summed E-state index contributed by atoms with van der Waals surface area (Å²) in [4.78, 5) is 14.7. The first kappa shape index (κ1) is 15.2. The number of nitrogens with zero attached hydrogens (tertiary/aromatic N) is 3. The van der Waals surface area contributed by atoms with Crippen LogP contribution in [0.1, 0.15) is 41.2 Å². The molecule has 1 aliphatic carbocycles. The molecule has 1 saturated heterocycles. The SMILES string of the molecule is Cn1ncc(C2CCC2)c1C(=O)N1CC(COc2ccccc2)C1. The van der Waals surface area contributed by atoms with E-state index in [0.29, 0.717) is 18.4 Å². The predicted molar refractivity (Wildman–Crippen MR) is 91.1 cm³/mol. The minimum absolute atomic E-state index is 0.118. The standard InChI is InChI=1S/C19H23N3O2/c1-21-18(17(10-20-21)15-6-5-7-15)19(23)22-11-14(12-22)13-24-16-8-3-2-4-9-16/h2-4,8-10,14-15H,5-7,11-13H2,1H3. The van der Waals surface area contributed by atoms with Crippen LogP contribution < -0.4 is 4.74 Å². The number of likely N-dealkylation sites (tertiary alicyclic amines) is 1. The summed E-state index contributed by atoms with van der Waals surface area (Å²) in [6, 6.07) is 9.83. The number of aromatic nitrogens is 2. The number of amides is 1. The largest absolute Gasteiger partial charge is 0.493 e. The lowest BCUT2D eigenvalue weighted by Gasteiger charge is -2.39. The van der Waals surface area contributed by atoms with Gasteiger partial charge in [0, 0.05) is 31.6 Å². The van der Waals surface area contributed by atoms with Gasteiger partial charge in [0.25, 0.3) is 5.91 Å². The van der Waals surface area contributed by atoms with Crippen molar-refractivity contribution < 1.29 is 9.53 Å². The normalized spacial score (nSPS) is 18.1. The van der Waals surface area contributed by atoms with Crippen LogP contribution in [-0.2, 0) is 7.05 Å². The molecule has 5 nitrogen and oxygen atoms in total. The Bertz CT molecular complexity index is 715. The molecular formula is C19H23N3O2. The van der Waals surface area contributed by atoms with Gasteiger partial charge in [-0.25, -0.2) is 0 Å². The van der Waals surface area contributed by atoms with Gasteiger partial charge in [-0.1, -0.05) is 24.6 Å². The molecule has 0 N–H and O–H groups in total. The van der Waals surface area contributed by atoms with Crippen molar-refractivity contribution in [3.63, 3.8) is 0 Å². The Labute approximate surface area is 142 Å². The predicted octanol–water partition coefficient (Wildman–Crippen LogP) is 2.84. The molecule has 2 aromatic rings. The lowest BCUT2D eigenvalue weighted by molar-refractivity contribution is 0.0381. The topological polar surface area (TPSA) is 47.4 Å². The first-order chi connectivity index (χ1) is 11.7. The van der Waals surface area contributed by atoms with E-state index in [-0.39, 0.29) is 5.91 Å². The van der Waals surface area contributed by atoms with E-state index in [4.69, 9.17) is 4.74 Å². The minimum atomic E-state index is 0.118. The molecule has 2 heterocycles. The lowest BCUT2D eigenvalue weighted by Crippen LogP contribution is -2.52. The van der Waals surface area contributed by atoms with Crippen molar-refractivity contribution >= 4 is 5.91 Å². The number of aryl methyl sites for hydroxylation is 1. The molecule has 1 aromatic carbocycles. The zero-order valence-corrected chi connectivity index (χ0v) is 14.0. The van der Waals surface area contributed by atoms with Crippen molar-refractivity contribution in [2.75, 3.05) is 19.7 Å². The lowest BCUT2D eigenvalue weighted by atomic mass is 9.80. The van der Waals surface area contributed by atoms with Crippen LogP contribution in [-0.4, -0.2) is 40.3 Å². The molecule has 1 amide bonds. The number of rotatable bonds is 5. The van der Waals surface area contributed by atoms with Gasteiger partial charge in [-0.2, -0.15) is 5.10 Å². The summed E-state index contributed by atoms with van der Waals surface area (Å²) in [5.41, 5.74) is 1.92. The third-order valence-electron chi connectivity index (χ3n) is 5.19. The zero-order valence-electron chi connectivity index (χ0n) is 14.0. The monoisotopic (exact) mass is 325 g/mol. The summed E-state index contributed by atoms with van der Waals surface area (Å²) in [6.45, 7) is 2.19. The molecule has 4 rings (SSSR count). The third kappa shape index (κ3) is 2.79. The van der Waals surface area contributed by atoms with Crippen molar-refractivity contribution in [1.82, 2.24) is 14.7 Å². The number of carbonyl (C=O) groups excluding carboxylic acids is 1. The van der Waals surface area contributed by atoms with Gasteiger partial charge in [0.1, 0.15) is 11.4 Å². The van der Waals surface area contributed by atoms with Crippen LogP contribution in [0.5, 0.6) is 5.75 Å². The second-order valence-corrected chi connectivity index (χ2v) is 6.90. The fraction of sp³-hybridized carbons (Fsp3) is 0.474. The van der Waals surface area contributed by atoms with E-state index in [0.717, 1.165) is 30.1 Å². The van der Waals surface area contributed by atoms with E-state index < -0.39 is 0 Å². The average molecular weight is 325 g/mol. The highest BCUT2D eigenvalue weighted by molar-refractivity contribution is 5.94. The van der Waals surface area contributed by atoms with Gasteiger partial charge in [-0.3, -0.25) is 9.48 Å². The van der Waals surface area contributed by atoms with Crippen LogP contribution in [0.2, 0.25) is 0 Å². The van der Waals surface area contributed by atoms with E-state index >= 15 is 0 Å². The van der Waals surface area contributed by atoms with Crippen LogP contribution in [0.4, 0.5) is 0 Å². The molecule has 126 valence electrons. The number of ether oxygens (including phenoxy) is 1. The first-order valence-corrected chi connectivity index (χ1v) is 8.71. The highest BCUT2D eigenvalue weighted by atomic mass is 16.5. The molecule has 2 fully saturated rings. The fourth-order valence-corrected chi connectivity index (χ4v) is 3.46. The van der Waals surface area contributed by atoms with E-state index in [9.17, 15) is 4.79 Å². The van der Waals surface area contributed by atoms with E-state index in [1.54, 1.807) is 4.68 Å². The Kier molecular flexibility index (Phi) is 4.00. The third-order valence-corrected chi connectivity index (χ3v) is 5.19. The fourth-order valence-electron chi connectivity index (χ4n) is 3.46. The van der Waals surface area contributed by atoms with Gasteiger partial charge in [-0.15, -0.1) is 0 Å². The van der Waals surface area contributed by atoms with Gasteiger partial charge in [0.2, 0.25) is 0 Å². The smallest absolute Gasteiger partial charge is 0.272 e. The Morgan fingerprint density at radius 3 is 2.67 bits per heavy atom. The van der Waals surface area contributed by atoms with Gasteiger partial charge < -0.3 is 9.64 Å². The highest BCUT2D eigenvalue weighted by Gasteiger charge is 2.36. The quantitative estimate of drug-likeness (QED) is 0.849. The summed E-state index contributed by atoms with van der Waals surface area (Å²) < 4.78 is 7.53. The summed E-state index contributed by atoms with van der Waals surface area (Å²) in [5, 5.41) is 4.32. The summed E-state index contributed by atoms with van der Waals surface area (Å²) in [7, 11) is 1.87. The van der Waals surface area contributed by atoms with E-state index in [1.165, 1.54) is 19.3 Å².